The van der Waals surface area contributed by atoms with Gasteiger partial charge in [0.2, 0.25) is 0 Å². The van der Waals surface area contributed by atoms with Crippen LogP contribution < -0.4 is 17.2 Å². The molecular weight excluding hydrogens is 398 g/mol. The van der Waals surface area contributed by atoms with Crippen LogP contribution in [0.5, 0.6) is 0 Å². The van der Waals surface area contributed by atoms with Gasteiger partial charge in [-0.05, 0) is 33.7 Å². The fourth-order valence-corrected chi connectivity index (χ4v) is 6.55. The molecule has 0 amide bonds. The molecule has 0 saturated carbocycles. The molecule has 0 aliphatic heterocycles. The molecule has 0 atom stereocenters. The smallest absolute Gasteiger partial charge is 0.377 e. The lowest BCUT2D eigenvalue weighted by molar-refractivity contribution is 0.0710. The minimum absolute atomic E-state index is 0.597. The first-order valence-corrected chi connectivity index (χ1v) is 13.9. The summed E-state index contributed by atoms with van der Waals surface area (Å²) in [7, 11) is 0.288. The first-order chi connectivity index (χ1) is 13.4. The molecule has 0 heterocycles. The molecule has 0 unspecified atom stereocenters. The number of hydrogen-bond donors (Lipinski definition) is 3. The highest BCUT2D eigenvalue weighted by atomic mass is 28.4. The molecule has 0 fully saturated rings. The third-order valence-corrected chi connectivity index (χ3v) is 9.57. The van der Waals surface area contributed by atoms with Gasteiger partial charge in [0.25, 0.3) is 0 Å². The Kier molecular flexibility index (Phi) is 27.3. The van der Waals surface area contributed by atoms with Crippen molar-refractivity contribution in [3.05, 3.63) is 0 Å². The van der Waals surface area contributed by atoms with Gasteiger partial charge < -0.3 is 43.8 Å². The van der Waals surface area contributed by atoms with E-state index in [-0.39, 0.29) is 0 Å². The Morgan fingerprint density at radius 2 is 0.964 bits per heavy atom. The molecule has 11 heteroatoms. The first-order valence-electron chi connectivity index (χ1n) is 10.1. The van der Waals surface area contributed by atoms with E-state index >= 15 is 0 Å². The van der Waals surface area contributed by atoms with Crippen molar-refractivity contribution in [3.63, 3.8) is 0 Å². The van der Waals surface area contributed by atoms with Gasteiger partial charge in [-0.15, -0.1) is 0 Å². The molecule has 0 spiro atoms. The van der Waals surface area contributed by atoms with E-state index in [0.717, 1.165) is 24.9 Å². The van der Waals surface area contributed by atoms with Gasteiger partial charge in [0, 0.05) is 66.3 Å². The van der Waals surface area contributed by atoms with E-state index < -0.39 is 17.6 Å². The Bertz CT molecular complexity index is 277. The maximum Gasteiger partial charge on any atom is 0.500 e. The van der Waals surface area contributed by atoms with Crippen LogP contribution in [0.1, 0.15) is 40.5 Å². The van der Waals surface area contributed by atoms with Crippen molar-refractivity contribution in [1.29, 1.82) is 0 Å². The van der Waals surface area contributed by atoms with Gasteiger partial charge in [-0.1, -0.05) is 13.3 Å². The van der Waals surface area contributed by atoms with Gasteiger partial charge in [-0.3, -0.25) is 0 Å². The van der Waals surface area contributed by atoms with Gasteiger partial charge in [-0.25, -0.2) is 0 Å². The molecule has 0 rings (SSSR count). The summed E-state index contributed by atoms with van der Waals surface area (Å²) in [6.07, 6.45) is 1.92. The highest BCUT2D eigenvalue weighted by Gasteiger charge is 2.39. The summed E-state index contributed by atoms with van der Waals surface area (Å²) in [5.41, 5.74) is 15.3. The van der Waals surface area contributed by atoms with Gasteiger partial charge >= 0.3 is 17.6 Å². The van der Waals surface area contributed by atoms with Gasteiger partial charge in [0.05, 0.1) is 0 Å². The van der Waals surface area contributed by atoms with Crippen LogP contribution in [0.3, 0.4) is 0 Å². The van der Waals surface area contributed by atoms with Crippen molar-refractivity contribution < 1.29 is 26.6 Å². The van der Waals surface area contributed by atoms with Crippen LogP contribution >= 0.6 is 0 Å². The van der Waals surface area contributed by atoms with Crippen molar-refractivity contribution in [2.45, 2.75) is 52.6 Å². The molecule has 28 heavy (non-hydrogen) atoms. The zero-order chi connectivity index (χ0) is 22.3. The number of hydrogen-bond acceptors (Lipinski definition) is 9. The van der Waals surface area contributed by atoms with E-state index in [0.29, 0.717) is 39.5 Å². The third-order valence-electron chi connectivity index (χ3n) is 3.44. The van der Waals surface area contributed by atoms with Gasteiger partial charge in [0.1, 0.15) is 0 Å². The van der Waals surface area contributed by atoms with Crippen molar-refractivity contribution in [3.8, 4) is 0 Å². The lowest BCUT2D eigenvalue weighted by Crippen LogP contribution is -2.46. The van der Waals surface area contributed by atoms with Crippen LogP contribution in [0.15, 0.2) is 0 Å². The predicted molar refractivity (Wildman–Crippen MR) is 119 cm³/mol. The van der Waals surface area contributed by atoms with E-state index in [4.69, 9.17) is 43.8 Å². The largest absolute Gasteiger partial charge is 0.500 e. The summed E-state index contributed by atoms with van der Waals surface area (Å²) in [4.78, 5) is 0. The fraction of sp³-hybridized carbons (Fsp3) is 1.00. The second-order valence-electron chi connectivity index (χ2n) is 5.50. The average molecular weight is 446 g/mol. The zero-order valence-electron chi connectivity index (χ0n) is 19.3. The average Bonchev–Trinajstić information content (AvgIpc) is 2.72. The van der Waals surface area contributed by atoms with E-state index in [9.17, 15) is 0 Å². The molecule has 174 valence electrons. The lowest BCUT2D eigenvalue weighted by Gasteiger charge is -2.28. The molecule has 0 saturated heterocycles. The molecule has 6 N–H and O–H groups in total. The predicted octanol–water partition coefficient (Wildman–Crippen LogP) is 1.56. The van der Waals surface area contributed by atoms with E-state index in [1.807, 2.05) is 20.8 Å². The molecule has 0 aromatic heterocycles. The summed E-state index contributed by atoms with van der Waals surface area (Å²) in [6.45, 7) is 11.7. The monoisotopic (exact) mass is 445 g/mol. The Balaban J connectivity index is -0.000000388. The topological polar surface area (TPSA) is 133 Å². The number of nitrogens with two attached hydrogens (primary N) is 3. The quantitative estimate of drug-likeness (QED) is 0.321. The van der Waals surface area contributed by atoms with Crippen LogP contribution in [-0.2, 0) is 26.6 Å². The summed E-state index contributed by atoms with van der Waals surface area (Å²) < 4.78 is 32.5. The second-order valence-corrected chi connectivity index (χ2v) is 11.3. The molecule has 0 bridgehead atoms. The van der Waals surface area contributed by atoms with Crippen LogP contribution in [0.4, 0.5) is 0 Å². The summed E-state index contributed by atoms with van der Waals surface area (Å²) in [5.74, 6) is 0. The molecular formula is C17H47N3O6Si2. The maximum absolute atomic E-state index is 5.65. The van der Waals surface area contributed by atoms with Crippen molar-refractivity contribution in [2.75, 3.05) is 60.8 Å². The van der Waals surface area contributed by atoms with Crippen LogP contribution in [-0.4, -0.2) is 78.4 Å². The maximum atomic E-state index is 5.65. The normalized spacial score (nSPS) is 11.4. The highest BCUT2D eigenvalue weighted by molar-refractivity contribution is 6.61. The third kappa shape index (κ3) is 17.0. The summed E-state index contributed by atoms with van der Waals surface area (Å²) in [6, 6.07) is 1.70. The van der Waals surface area contributed by atoms with Crippen molar-refractivity contribution in [2.24, 2.45) is 17.2 Å². The fourth-order valence-electron chi connectivity index (χ4n) is 2.18. The lowest BCUT2D eigenvalue weighted by atomic mass is 10.5. The summed E-state index contributed by atoms with van der Waals surface area (Å²) >= 11 is 0. The van der Waals surface area contributed by atoms with Crippen LogP contribution in [0.2, 0.25) is 12.1 Å². The van der Waals surface area contributed by atoms with Crippen LogP contribution in [0, 0.1) is 0 Å². The molecule has 9 nitrogen and oxygen atoms in total. The highest BCUT2D eigenvalue weighted by Crippen LogP contribution is 2.17. The van der Waals surface area contributed by atoms with Crippen molar-refractivity contribution >= 4 is 17.6 Å². The molecule has 0 aliphatic carbocycles. The number of rotatable bonds is 15. The van der Waals surface area contributed by atoms with Crippen LogP contribution in [0.25, 0.3) is 0 Å². The molecule has 0 aromatic rings. The summed E-state index contributed by atoms with van der Waals surface area (Å²) in [5, 5.41) is 0. The molecule has 0 aromatic carbocycles. The minimum atomic E-state index is -2.40. The first kappa shape index (κ1) is 32.7. The zero-order valence-corrected chi connectivity index (χ0v) is 21.3. The second kappa shape index (κ2) is 23.4. The Morgan fingerprint density at radius 3 is 1.14 bits per heavy atom. The van der Waals surface area contributed by atoms with Crippen molar-refractivity contribution in [1.82, 2.24) is 0 Å². The Morgan fingerprint density at radius 1 is 0.571 bits per heavy atom. The van der Waals surface area contributed by atoms with E-state index in [1.54, 1.807) is 21.3 Å². The Hall–Kier alpha value is 0.0738. The van der Waals surface area contributed by atoms with E-state index in [1.165, 1.54) is 0 Å². The van der Waals surface area contributed by atoms with Gasteiger partial charge in [-0.2, -0.15) is 0 Å². The van der Waals surface area contributed by atoms with E-state index in [2.05, 4.69) is 6.92 Å². The Labute approximate surface area is 175 Å². The minimum Gasteiger partial charge on any atom is -0.377 e. The molecule has 0 aliphatic rings. The molecule has 0 radical (unpaired) electrons. The van der Waals surface area contributed by atoms with Gasteiger partial charge in [0.15, 0.2) is 0 Å². The standard InChI is InChI=1S/C9H23NO3Si.C6H16O3Si.C2H8N2/c1-4-11-14(12-5-2,13-6-3)9-7-8-10;1-5-6-10(7-2,8-3)9-4;3-1-2-4/h4-10H2,1-3H3;5-6H2,1-4H3;1-4H2. The SMILES string of the molecule is CCC[Si](OC)(OC)OC.CCO[Si](CCCN)(OCC)OCC.NCCN.